The van der Waals surface area contributed by atoms with E-state index in [1.165, 1.54) is 31.4 Å². The number of hydrogen-bond acceptors (Lipinski definition) is 7. The number of allylic oxidation sites excluding steroid dienone is 2. The summed E-state index contributed by atoms with van der Waals surface area (Å²) in [7, 11) is 3.03. The number of aliphatic hydroxyl groups is 1. The summed E-state index contributed by atoms with van der Waals surface area (Å²) in [6, 6.07) is 14.3. The smallest absolute Gasteiger partial charge is 0.255 e. The molecular weight excluding hydrogens is 556 g/mol. The molecule has 1 fully saturated rings. The van der Waals surface area contributed by atoms with Crippen molar-refractivity contribution in [2.24, 2.45) is 5.92 Å². The van der Waals surface area contributed by atoms with Crippen molar-refractivity contribution in [1.29, 1.82) is 0 Å². The molecule has 2 aromatic carbocycles. The molecule has 2 aromatic heterocycles. The maximum atomic E-state index is 16.6. The second-order valence-electron chi connectivity index (χ2n) is 10.8. The fourth-order valence-corrected chi connectivity index (χ4v) is 5.77. The van der Waals surface area contributed by atoms with Gasteiger partial charge in [-0.15, -0.1) is 0 Å². The number of benzene rings is 2. The van der Waals surface area contributed by atoms with Crippen LogP contribution < -0.4 is 10.6 Å². The molecule has 4 aromatic rings. The lowest BCUT2D eigenvalue weighted by atomic mass is 9.80. The van der Waals surface area contributed by atoms with Crippen molar-refractivity contribution in [3.05, 3.63) is 113 Å². The molecule has 222 valence electrons. The third kappa shape index (κ3) is 5.01. The third-order valence-corrected chi connectivity index (χ3v) is 8.13. The van der Waals surface area contributed by atoms with Crippen LogP contribution >= 0.6 is 0 Å². The van der Waals surface area contributed by atoms with Crippen molar-refractivity contribution in [3.8, 4) is 11.3 Å². The normalized spacial score (nSPS) is 20.1. The van der Waals surface area contributed by atoms with Crippen LogP contribution in [0.25, 0.3) is 22.3 Å². The number of carbonyl (C=O) groups excluding carboxylic acids is 1. The van der Waals surface area contributed by atoms with E-state index in [1.54, 1.807) is 43.6 Å². The zero-order chi connectivity index (χ0) is 30.3. The van der Waals surface area contributed by atoms with Gasteiger partial charge in [0.15, 0.2) is 0 Å². The number of pyridine rings is 1. The quantitative estimate of drug-likeness (QED) is 0.243. The Bertz CT molecular complexity index is 1730. The Morgan fingerprint density at radius 3 is 2.51 bits per heavy atom. The molecule has 3 unspecified atom stereocenters. The summed E-state index contributed by atoms with van der Waals surface area (Å²) in [5, 5.41) is 16.8. The predicted molar refractivity (Wildman–Crippen MR) is 156 cm³/mol. The summed E-state index contributed by atoms with van der Waals surface area (Å²) in [4.78, 5) is 18.2. The molecule has 3 N–H and O–H groups in total. The van der Waals surface area contributed by atoms with Gasteiger partial charge in [0.25, 0.3) is 5.91 Å². The molecule has 1 saturated heterocycles. The van der Waals surface area contributed by atoms with Gasteiger partial charge in [0.05, 0.1) is 42.5 Å². The molecule has 3 atom stereocenters. The summed E-state index contributed by atoms with van der Waals surface area (Å²) in [5.74, 6) is -1.59. The lowest BCUT2D eigenvalue weighted by Gasteiger charge is -2.41. The van der Waals surface area contributed by atoms with Crippen molar-refractivity contribution in [1.82, 2.24) is 15.6 Å². The Balaban J connectivity index is 1.42. The summed E-state index contributed by atoms with van der Waals surface area (Å²) in [6.45, 7) is 2.46. The van der Waals surface area contributed by atoms with Crippen LogP contribution in [-0.2, 0) is 19.8 Å². The summed E-state index contributed by atoms with van der Waals surface area (Å²) >= 11 is 0. The number of furan rings is 1. The van der Waals surface area contributed by atoms with Gasteiger partial charge in [-0.05, 0) is 67.1 Å². The monoisotopic (exact) mass is 587 g/mol. The number of nitrogens with one attached hydrogen (secondary N) is 2. The molecule has 43 heavy (non-hydrogen) atoms. The molecule has 1 aliphatic heterocycles. The molecular formula is C33H31F2N3O5. The molecule has 0 spiro atoms. The van der Waals surface area contributed by atoms with Crippen LogP contribution in [-0.4, -0.2) is 43.4 Å². The molecule has 1 amide bonds. The van der Waals surface area contributed by atoms with Crippen LogP contribution in [0.15, 0.2) is 88.7 Å². The van der Waals surface area contributed by atoms with Gasteiger partial charge in [-0.2, -0.15) is 0 Å². The highest BCUT2D eigenvalue weighted by molar-refractivity contribution is 5.98. The SMILES string of the molecule is CNC(O)c1c(-c2ccc(F)cc2)oc2ccc(C3C=C(C(=O)NC4(c5ccccn5)COC4)C(OC)=CC3C)c(F)c12. The zero-order valence-corrected chi connectivity index (χ0v) is 23.9. The third-order valence-electron chi connectivity index (χ3n) is 8.13. The number of aromatic nitrogens is 1. The van der Waals surface area contributed by atoms with E-state index in [2.05, 4.69) is 15.6 Å². The lowest BCUT2D eigenvalue weighted by Crippen LogP contribution is -2.60. The molecule has 6 rings (SSSR count). The van der Waals surface area contributed by atoms with Crippen LogP contribution in [0.5, 0.6) is 0 Å². The van der Waals surface area contributed by atoms with E-state index in [0.29, 0.717) is 22.6 Å². The second kappa shape index (κ2) is 11.4. The first-order valence-electron chi connectivity index (χ1n) is 13.9. The Morgan fingerprint density at radius 1 is 1.12 bits per heavy atom. The number of nitrogens with zero attached hydrogens (tertiary/aromatic N) is 1. The Labute approximate surface area is 247 Å². The highest BCUT2D eigenvalue weighted by Crippen LogP contribution is 2.43. The van der Waals surface area contributed by atoms with Crippen molar-refractivity contribution in [2.75, 3.05) is 27.4 Å². The minimum Gasteiger partial charge on any atom is -0.496 e. The van der Waals surface area contributed by atoms with Gasteiger partial charge < -0.3 is 24.3 Å². The van der Waals surface area contributed by atoms with E-state index < -0.39 is 35.2 Å². The van der Waals surface area contributed by atoms with E-state index >= 15 is 4.39 Å². The van der Waals surface area contributed by atoms with E-state index in [1.807, 2.05) is 19.1 Å². The van der Waals surface area contributed by atoms with E-state index in [9.17, 15) is 14.3 Å². The average Bonchev–Trinajstić information content (AvgIpc) is 3.40. The van der Waals surface area contributed by atoms with Gasteiger partial charge in [-0.25, -0.2) is 8.78 Å². The highest BCUT2D eigenvalue weighted by Gasteiger charge is 2.44. The van der Waals surface area contributed by atoms with Crippen molar-refractivity contribution in [3.63, 3.8) is 0 Å². The highest BCUT2D eigenvalue weighted by atomic mass is 19.1. The van der Waals surface area contributed by atoms with Crippen LogP contribution in [0.2, 0.25) is 0 Å². The number of rotatable bonds is 8. The summed E-state index contributed by atoms with van der Waals surface area (Å²) in [5.41, 5.74) is 1.40. The van der Waals surface area contributed by atoms with Gasteiger partial charge in [-0.3, -0.25) is 15.1 Å². The summed E-state index contributed by atoms with van der Waals surface area (Å²) in [6.07, 6.45) is 3.91. The van der Waals surface area contributed by atoms with Crippen molar-refractivity contribution >= 4 is 16.9 Å². The fraction of sp³-hybridized carbons (Fsp3) is 0.273. The minimum atomic E-state index is -1.26. The number of methoxy groups -OCH3 is 1. The molecule has 0 saturated carbocycles. The van der Waals surface area contributed by atoms with Crippen LogP contribution in [0, 0.1) is 17.6 Å². The Kier molecular flexibility index (Phi) is 7.59. The van der Waals surface area contributed by atoms with Gasteiger partial charge in [0.2, 0.25) is 0 Å². The number of carbonyl (C=O) groups is 1. The van der Waals surface area contributed by atoms with Gasteiger partial charge >= 0.3 is 0 Å². The Morgan fingerprint density at radius 2 is 1.88 bits per heavy atom. The van der Waals surface area contributed by atoms with Crippen molar-refractivity contribution in [2.45, 2.75) is 24.6 Å². The maximum Gasteiger partial charge on any atom is 0.255 e. The second-order valence-corrected chi connectivity index (χ2v) is 10.8. The van der Waals surface area contributed by atoms with E-state index in [0.717, 1.165) is 0 Å². The maximum absolute atomic E-state index is 16.6. The lowest BCUT2D eigenvalue weighted by molar-refractivity contribution is -0.131. The van der Waals surface area contributed by atoms with E-state index in [4.69, 9.17) is 13.9 Å². The standard InChI is InChI=1S/C33H31F2N3O5/c1-18-14-25(41-3)23(31(39)38-33(16-42-17-33)26-6-4-5-13-37-26)15-22(18)21-11-12-24-27(29(21)35)28(32(40)36-2)30(43-24)19-7-9-20(34)10-8-19/h4-15,18,22,32,36,40H,16-17H2,1-3H3,(H,38,39). The summed E-state index contributed by atoms with van der Waals surface area (Å²) < 4.78 is 47.3. The molecule has 0 bridgehead atoms. The van der Waals surface area contributed by atoms with E-state index in [-0.39, 0.29) is 47.0 Å². The molecule has 3 heterocycles. The fourth-order valence-electron chi connectivity index (χ4n) is 5.77. The number of aliphatic hydroxyl groups excluding tert-OH is 1. The molecule has 1 aliphatic carbocycles. The van der Waals surface area contributed by atoms with Gasteiger partial charge in [0, 0.05) is 17.7 Å². The average molecular weight is 588 g/mol. The van der Waals surface area contributed by atoms with Crippen LogP contribution in [0.3, 0.4) is 0 Å². The largest absolute Gasteiger partial charge is 0.496 e. The van der Waals surface area contributed by atoms with Crippen molar-refractivity contribution < 1.29 is 32.6 Å². The topological polar surface area (TPSA) is 106 Å². The molecule has 0 radical (unpaired) electrons. The molecule has 2 aliphatic rings. The number of ether oxygens (including phenoxy) is 2. The van der Waals surface area contributed by atoms with Crippen LogP contribution in [0.1, 0.15) is 35.9 Å². The first-order chi connectivity index (χ1) is 20.8. The predicted octanol–water partition coefficient (Wildman–Crippen LogP) is 5.22. The first kappa shape index (κ1) is 28.7. The number of fused-ring (bicyclic) bond motifs is 1. The Hall–Kier alpha value is -4.38. The minimum absolute atomic E-state index is 0.104. The zero-order valence-electron chi connectivity index (χ0n) is 23.9. The molecule has 8 nitrogen and oxygen atoms in total. The number of halogens is 2. The molecule has 10 heteroatoms. The van der Waals surface area contributed by atoms with Crippen LogP contribution in [0.4, 0.5) is 8.78 Å². The first-order valence-corrected chi connectivity index (χ1v) is 13.9. The number of amides is 1. The van der Waals surface area contributed by atoms with Gasteiger partial charge in [0.1, 0.15) is 40.5 Å². The number of hydrogen-bond donors (Lipinski definition) is 3. The van der Waals surface area contributed by atoms with Gasteiger partial charge in [-0.1, -0.05) is 25.1 Å².